The summed E-state index contributed by atoms with van der Waals surface area (Å²) in [6, 6.07) is 14.0. The third-order valence-electron chi connectivity index (χ3n) is 5.85. The van der Waals surface area contributed by atoms with Crippen LogP contribution in [0.2, 0.25) is 5.02 Å². The molecule has 4 aromatic rings. The van der Waals surface area contributed by atoms with Gasteiger partial charge in [-0.05, 0) is 41.5 Å². The van der Waals surface area contributed by atoms with Gasteiger partial charge in [0.1, 0.15) is 5.65 Å². The highest BCUT2D eigenvalue weighted by Crippen LogP contribution is 2.43. The van der Waals surface area contributed by atoms with Crippen molar-refractivity contribution in [2.24, 2.45) is 7.05 Å². The molecule has 2 aromatic carbocycles. The lowest BCUT2D eigenvalue weighted by atomic mass is 9.98. The first kappa shape index (κ1) is 20.0. The van der Waals surface area contributed by atoms with Crippen molar-refractivity contribution >= 4 is 28.3 Å². The van der Waals surface area contributed by atoms with Gasteiger partial charge >= 0.3 is 0 Å². The normalized spacial score (nSPS) is 14.4. The van der Waals surface area contributed by atoms with E-state index in [-0.39, 0.29) is 0 Å². The number of piperazine rings is 1. The number of pyridine rings is 1. The van der Waals surface area contributed by atoms with Crippen LogP contribution in [0.25, 0.3) is 33.4 Å². The highest BCUT2D eigenvalue weighted by Gasteiger charge is 2.22. The first-order valence-corrected chi connectivity index (χ1v) is 10.6. The highest BCUT2D eigenvalue weighted by molar-refractivity contribution is 6.37. The molecule has 3 heterocycles. The Kier molecular flexibility index (Phi) is 5.12. The zero-order valence-corrected chi connectivity index (χ0v) is 17.8. The van der Waals surface area contributed by atoms with Crippen molar-refractivity contribution in [3.8, 4) is 22.4 Å². The summed E-state index contributed by atoms with van der Waals surface area (Å²) in [5.74, 6) is -1.77. The number of hydrogen-bond acceptors (Lipinski definition) is 3. The molecule has 4 nitrogen and oxygen atoms in total. The van der Waals surface area contributed by atoms with Gasteiger partial charge in [0.15, 0.2) is 11.6 Å². The topological polar surface area (TPSA) is 33.1 Å². The number of halogens is 3. The molecule has 1 saturated heterocycles. The van der Waals surface area contributed by atoms with Crippen LogP contribution in [-0.4, -0.2) is 35.7 Å². The van der Waals surface area contributed by atoms with E-state index < -0.39 is 11.6 Å². The number of benzene rings is 2. The molecule has 0 radical (unpaired) electrons. The molecular weight excluding hydrogens is 418 g/mol. The Morgan fingerprint density at radius 2 is 1.65 bits per heavy atom. The van der Waals surface area contributed by atoms with Gasteiger partial charge in [0.25, 0.3) is 0 Å². The molecule has 5 rings (SSSR count). The van der Waals surface area contributed by atoms with E-state index in [2.05, 4.69) is 39.5 Å². The quantitative estimate of drug-likeness (QED) is 0.474. The Bertz CT molecular complexity index is 1260. The number of hydrogen-bond donors (Lipinski definition) is 1. The minimum absolute atomic E-state index is 0.518. The van der Waals surface area contributed by atoms with Crippen LogP contribution in [0, 0.1) is 11.6 Å². The van der Waals surface area contributed by atoms with Crippen molar-refractivity contribution in [3.63, 3.8) is 0 Å². The maximum Gasteiger partial charge on any atom is 0.159 e. The van der Waals surface area contributed by atoms with Crippen LogP contribution in [0.5, 0.6) is 0 Å². The molecule has 1 aliphatic heterocycles. The summed E-state index contributed by atoms with van der Waals surface area (Å²) in [5.41, 5.74) is 4.96. The standard InChI is InChI=1S/C24H21ClF2N4/c1-30-23(15-2-5-17(6-3-15)31-12-10-28-11-13-31)21(16-4-7-19(26)20(27)14-16)22-18(25)8-9-29-24(22)30/h2-9,14,28H,10-13H2,1H3. The third kappa shape index (κ3) is 3.46. The van der Waals surface area contributed by atoms with Crippen LogP contribution in [0.4, 0.5) is 14.5 Å². The second kappa shape index (κ2) is 7.94. The molecule has 0 amide bonds. The number of aromatic nitrogens is 2. The number of rotatable bonds is 3. The summed E-state index contributed by atoms with van der Waals surface area (Å²) in [6.07, 6.45) is 1.65. The van der Waals surface area contributed by atoms with Crippen LogP contribution in [0.1, 0.15) is 0 Å². The molecular formula is C24H21ClF2N4. The van der Waals surface area contributed by atoms with E-state index in [9.17, 15) is 8.78 Å². The Balaban J connectivity index is 1.70. The summed E-state index contributed by atoms with van der Waals surface area (Å²) < 4.78 is 29.7. The molecule has 1 N–H and O–H groups in total. The van der Waals surface area contributed by atoms with Crippen LogP contribution < -0.4 is 10.2 Å². The Morgan fingerprint density at radius 3 is 2.35 bits per heavy atom. The molecule has 0 atom stereocenters. The van der Waals surface area contributed by atoms with Gasteiger partial charge in [-0.2, -0.15) is 0 Å². The van der Waals surface area contributed by atoms with Crippen molar-refractivity contribution < 1.29 is 8.78 Å². The maximum atomic E-state index is 14.1. The van der Waals surface area contributed by atoms with Gasteiger partial charge in [0.05, 0.1) is 10.7 Å². The molecule has 0 unspecified atom stereocenters. The number of anilines is 1. The number of nitrogens with one attached hydrogen (secondary N) is 1. The van der Waals surface area contributed by atoms with E-state index in [1.807, 2.05) is 11.6 Å². The second-order valence-corrected chi connectivity index (χ2v) is 8.09. The maximum absolute atomic E-state index is 14.1. The van der Waals surface area contributed by atoms with E-state index >= 15 is 0 Å². The fraction of sp³-hybridized carbons (Fsp3) is 0.208. The average Bonchev–Trinajstić information content (AvgIpc) is 3.10. The van der Waals surface area contributed by atoms with Crippen LogP contribution >= 0.6 is 11.6 Å². The SMILES string of the molecule is Cn1c(-c2ccc(N3CCNCC3)cc2)c(-c2ccc(F)c(F)c2)c2c(Cl)ccnc21. The van der Waals surface area contributed by atoms with Gasteiger partial charge in [-0.25, -0.2) is 13.8 Å². The fourth-order valence-electron chi connectivity index (χ4n) is 4.33. The Morgan fingerprint density at radius 1 is 0.935 bits per heavy atom. The van der Waals surface area contributed by atoms with Crippen LogP contribution in [0.3, 0.4) is 0 Å². The van der Waals surface area contributed by atoms with Crippen molar-refractivity contribution in [2.45, 2.75) is 0 Å². The summed E-state index contributed by atoms with van der Waals surface area (Å²) in [7, 11) is 1.91. The summed E-state index contributed by atoms with van der Waals surface area (Å²) in [6.45, 7) is 3.87. The first-order valence-electron chi connectivity index (χ1n) is 10.2. The molecule has 7 heteroatoms. The molecule has 1 aliphatic rings. The minimum Gasteiger partial charge on any atom is -0.369 e. The van der Waals surface area contributed by atoms with Gasteiger partial charge in [0, 0.05) is 56.1 Å². The van der Waals surface area contributed by atoms with Gasteiger partial charge < -0.3 is 14.8 Å². The predicted molar refractivity (Wildman–Crippen MR) is 122 cm³/mol. The molecule has 0 aliphatic carbocycles. The minimum atomic E-state index is -0.894. The van der Waals surface area contributed by atoms with Crippen LogP contribution in [-0.2, 0) is 7.05 Å². The highest BCUT2D eigenvalue weighted by atomic mass is 35.5. The summed E-state index contributed by atoms with van der Waals surface area (Å²) in [4.78, 5) is 6.84. The molecule has 158 valence electrons. The van der Waals surface area contributed by atoms with Crippen LogP contribution in [0.15, 0.2) is 54.7 Å². The largest absolute Gasteiger partial charge is 0.369 e. The molecule has 0 bridgehead atoms. The zero-order chi connectivity index (χ0) is 21.5. The van der Waals surface area contributed by atoms with Crippen molar-refractivity contribution in [3.05, 3.63) is 71.4 Å². The smallest absolute Gasteiger partial charge is 0.159 e. The number of aryl methyl sites for hydroxylation is 1. The van der Waals surface area contributed by atoms with E-state index in [1.165, 1.54) is 6.07 Å². The number of fused-ring (bicyclic) bond motifs is 1. The van der Waals surface area contributed by atoms with Gasteiger partial charge in [-0.15, -0.1) is 0 Å². The van der Waals surface area contributed by atoms with Gasteiger partial charge in [-0.1, -0.05) is 29.8 Å². The fourth-order valence-corrected chi connectivity index (χ4v) is 4.56. The Labute approximate surface area is 184 Å². The van der Waals surface area contributed by atoms with E-state index in [0.29, 0.717) is 16.2 Å². The lowest BCUT2D eigenvalue weighted by Gasteiger charge is -2.29. The number of nitrogens with zero attached hydrogens (tertiary/aromatic N) is 3. The van der Waals surface area contributed by atoms with Gasteiger partial charge in [-0.3, -0.25) is 0 Å². The summed E-state index contributed by atoms with van der Waals surface area (Å²) >= 11 is 6.55. The predicted octanol–water partition coefficient (Wildman–Crippen LogP) is 5.25. The molecule has 31 heavy (non-hydrogen) atoms. The van der Waals surface area contributed by atoms with E-state index in [1.54, 1.807) is 18.3 Å². The lowest BCUT2D eigenvalue weighted by Crippen LogP contribution is -2.43. The molecule has 0 saturated carbocycles. The monoisotopic (exact) mass is 438 g/mol. The van der Waals surface area contributed by atoms with Crippen molar-refractivity contribution in [2.75, 3.05) is 31.1 Å². The molecule has 2 aromatic heterocycles. The zero-order valence-electron chi connectivity index (χ0n) is 17.0. The van der Waals surface area contributed by atoms with Crippen molar-refractivity contribution in [1.29, 1.82) is 0 Å². The van der Waals surface area contributed by atoms with Gasteiger partial charge in [0.2, 0.25) is 0 Å². The first-order chi connectivity index (χ1) is 15.0. The molecule has 0 spiro atoms. The second-order valence-electron chi connectivity index (χ2n) is 7.69. The Hall–Kier alpha value is -2.96. The van der Waals surface area contributed by atoms with E-state index in [0.717, 1.165) is 60.1 Å². The molecule has 1 fully saturated rings. The summed E-state index contributed by atoms with van der Waals surface area (Å²) in [5, 5.41) is 4.60. The van der Waals surface area contributed by atoms with E-state index in [4.69, 9.17) is 11.6 Å². The van der Waals surface area contributed by atoms with Crippen molar-refractivity contribution in [1.82, 2.24) is 14.9 Å². The average molecular weight is 439 g/mol. The third-order valence-corrected chi connectivity index (χ3v) is 6.17. The lowest BCUT2D eigenvalue weighted by molar-refractivity contribution is 0.509.